The summed E-state index contributed by atoms with van der Waals surface area (Å²) in [7, 11) is 1.63. The number of terminal acetylenes is 1. The van der Waals surface area contributed by atoms with E-state index in [-0.39, 0.29) is 0 Å². The summed E-state index contributed by atoms with van der Waals surface area (Å²) in [6.45, 7) is 5.15. The monoisotopic (exact) mass is 418 g/mol. The SMILES string of the molecule is C#Cc1cccc(Nc2ncnc3cc(OC)c(OCCCN4CCOCC4)cc23)c1. The van der Waals surface area contributed by atoms with E-state index in [0.717, 1.165) is 61.4 Å². The number of anilines is 2. The molecule has 1 N–H and O–H groups in total. The Bertz CT molecular complexity index is 1070. The van der Waals surface area contributed by atoms with E-state index in [4.69, 9.17) is 20.6 Å². The van der Waals surface area contributed by atoms with E-state index in [9.17, 15) is 0 Å². The number of nitrogens with zero attached hydrogens (tertiary/aromatic N) is 3. The third-order valence-electron chi connectivity index (χ3n) is 5.19. The molecular formula is C24H26N4O3. The number of ether oxygens (including phenoxy) is 3. The molecule has 1 fully saturated rings. The molecular weight excluding hydrogens is 392 g/mol. The fourth-order valence-corrected chi connectivity index (χ4v) is 3.55. The standard InChI is InChI=1S/C24H26N4O3/c1-3-18-6-4-7-19(14-18)27-24-20-15-23(22(29-2)16-21(20)25-17-26-24)31-11-5-8-28-9-12-30-13-10-28/h1,4,6-7,14-17H,5,8-13H2,2H3,(H,25,26,27). The van der Waals surface area contributed by atoms with Crippen LogP contribution >= 0.6 is 0 Å². The first-order chi connectivity index (χ1) is 15.3. The van der Waals surface area contributed by atoms with Crippen LogP contribution in [-0.4, -0.2) is 61.4 Å². The Kier molecular flexibility index (Phi) is 6.82. The number of morpholine rings is 1. The van der Waals surface area contributed by atoms with E-state index in [1.807, 2.05) is 36.4 Å². The van der Waals surface area contributed by atoms with E-state index >= 15 is 0 Å². The Balaban J connectivity index is 1.51. The number of rotatable bonds is 8. The lowest BCUT2D eigenvalue weighted by atomic mass is 10.2. The Labute approximate surface area is 182 Å². The normalized spacial score (nSPS) is 14.2. The number of fused-ring (bicyclic) bond motifs is 1. The molecule has 3 aromatic rings. The van der Waals surface area contributed by atoms with Gasteiger partial charge >= 0.3 is 0 Å². The molecule has 1 aromatic heterocycles. The first kappa shape index (κ1) is 20.9. The van der Waals surface area contributed by atoms with Crippen LogP contribution in [0.5, 0.6) is 11.5 Å². The Hall–Kier alpha value is -3.34. The van der Waals surface area contributed by atoms with E-state index < -0.39 is 0 Å². The molecule has 4 rings (SSSR count). The van der Waals surface area contributed by atoms with Crippen molar-refractivity contribution >= 4 is 22.4 Å². The molecule has 0 unspecified atom stereocenters. The van der Waals surface area contributed by atoms with Gasteiger partial charge in [-0.1, -0.05) is 12.0 Å². The number of hydrogen-bond donors (Lipinski definition) is 1. The highest BCUT2D eigenvalue weighted by atomic mass is 16.5. The molecule has 1 aliphatic heterocycles. The summed E-state index contributed by atoms with van der Waals surface area (Å²) in [6.07, 6.45) is 7.97. The van der Waals surface area contributed by atoms with E-state index in [0.29, 0.717) is 23.9 Å². The third kappa shape index (κ3) is 5.23. The predicted octanol–water partition coefficient (Wildman–Crippen LogP) is 3.46. The van der Waals surface area contributed by atoms with Gasteiger partial charge in [0.1, 0.15) is 12.1 Å². The highest BCUT2D eigenvalue weighted by Gasteiger charge is 2.13. The average Bonchev–Trinajstić information content (AvgIpc) is 2.82. The molecule has 0 atom stereocenters. The van der Waals surface area contributed by atoms with Gasteiger partial charge in [0.25, 0.3) is 0 Å². The second-order valence-corrected chi connectivity index (χ2v) is 7.25. The van der Waals surface area contributed by atoms with Crippen molar-refractivity contribution in [2.45, 2.75) is 6.42 Å². The summed E-state index contributed by atoms with van der Waals surface area (Å²) in [4.78, 5) is 11.2. The number of methoxy groups -OCH3 is 1. The van der Waals surface area contributed by atoms with Crippen LogP contribution in [-0.2, 0) is 4.74 Å². The fourth-order valence-electron chi connectivity index (χ4n) is 3.55. The molecule has 0 radical (unpaired) electrons. The Morgan fingerprint density at radius 2 is 2.03 bits per heavy atom. The van der Waals surface area contributed by atoms with Crippen LogP contribution < -0.4 is 14.8 Å². The molecule has 0 amide bonds. The summed E-state index contributed by atoms with van der Waals surface area (Å²) in [5, 5.41) is 4.18. The highest BCUT2D eigenvalue weighted by Crippen LogP contribution is 2.34. The van der Waals surface area contributed by atoms with Crippen molar-refractivity contribution in [3.63, 3.8) is 0 Å². The Morgan fingerprint density at radius 3 is 2.84 bits per heavy atom. The van der Waals surface area contributed by atoms with Crippen molar-refractivity contribution in [1.29, 1.82) is 0 Å². The largest absolute Gasteiger partial charge is 0.493 e. The minimum absolute atomic E-state index is 0.597. The summed E-state index contributed by atoms with van der Waals surface area (Å²) in [5.41, 5.74) is 2.43. The lowest BCUT2D eigenvalue weighted by molar-refractivity contribution is 0.0357. The van der Waals surface area contributed by atoms with Gasteiger partial charge in [-0.05, 0) is 30.7 Å². The van der Waals surface area contributed by atoms with Gasteiger partial charge in [-0.3, -0.25) is 4.90 Å². The summed E-state index contributed by atoms with van der Waals surface area (Å²) < 4.78 is 17.0. The summed E-state index contributed by atoms with van der Waals surface area (Å²) in [6, 6.07) is 11.4. The first-order valence-electron chi connectivity index (χ1n) is 10.4. The maximum atomic E-state index is 6.08. The van der Waals surface area contributed by atoms with Crippen LogP contribution in [0.15, 0.2) is 42.7 Å². The minimum Gasteiger partial charge on any atom is -0.493 e. The summed E-state index contributed by atoms with van der Waals surface area (Å²) in [5.74, 6) is 4.65. The molecule has 160 valence electrons. The molecule has 0 saturated carbocycles. The maximum Gasteiger partial charge on any atom is 0.162 e. The number of hydrogen-bond acceptors (Lipinski definition) is 7. The molecule has 2 aromatic carbocycles. The molecule has 7 heteroatoms. The van der Waals surface area contributed by atoms with Crippen LogP contribution in [0, 0.1) is 12.3 Å². The van der Waals surface area contributed by atoms with E-state index in [1.165, 1.54) is 6.33 Å². The summed E-state index contributed by atoms with van der Waals surface area (Å²) >= 11 is 0. The number of benzene rings is 2. The van der Waals surface area contributed by atoms with Crippen LogP contribution in [0.25, 0.3) is 10.9 Å². The second kappa shape index (κ2) is 10.1. The molecule has 0 aliphatic carbocycles. The Morgan fingerprint density at radius 1 is 1.16 bits per heavy atom. The lowest BCUT2D eigenvalue weighted by Crippen LogP contribution is -2.37. The highest BCUT2D eigenvalue weighted by molar-refractivity contribution is 5.93. The minimum atomic E-state index is 0.597. The van der Waals surface area contributed by atoms with Gasteiger partial charge in [0.2, 0.25) is 0 Å². The first-order valence-corrected chi connectivity index (χ1v) is 10.4. The van der Waals surface area contributed by atoms with Gasteiger partial charge < -0.3 is 19.5 Å². The van der Waals surface area contributed by atoms with Crippen molar-refractivity contribution in [3.05, 3.63) is 48.3 Å². The second-order valence-electron chi connectivity index (χ2n) is 7.25. The van der Waals surface area contributed by atoms with Gasteiger partial charge in [0.05, 0.1) is 32.4 Å². The van der Waals surface area contributed by atoms with Gasteiger partial charge in [-0.25, -0.2) is 9.97 Å². The third-order valence-corrected chi connectivity index (χ3v) is 5.19. The van der Waals surface area contributed by atoms with Gasteiger partial charge in [0, 0.05) is 42.3 Å². The zero-order valence-corrected chi connectivity index (χ0v) is 17.6. The lowest BCUT2D eigenvalue weighted by Gasteiger charge is -2.26. The van der Waals surface area contributed by atoms with Crippen molar-refractivity contribution in [1.82, 2.24) is 14.9 Å². The molecule has 7 nitrogen and oxygen atoms in total. The maximum absolute atomic E-state index is 6.08. The van der Waals surface area contributed by atoms with Crippen LogP contribution in [0.2, 0.25) is 0 Å². The average molecular weight is 418 g/mol. The smallest absolute Gasteiger partial charge is 0.162 e. The van der Waals surface area contributed by atoms with E-state index in [1.54, 1.807) is 7.11 Å². The zero-order chi connectivity index (χ0) is 21.5. The topological polar surface area (TPSA) is 68.7 Å². The van der Waals surface area contributed by atoms with Gasteiger partial charge in [-0.2, -0.15) is 0 Å². The van der Waals surface area contributed by atoms with Crippen molar-refractivity contribution in [2.75, 3.05) is 51.9 Å². The van der Waals surface area contributed by atoms with Crippen molar-refractivity contribution < 1.29 is 14.2 Å². The van der Waals surface area contributed by atoms with Crippen LogP contribution in [0.4, 0.5) is 11.5 Å². The zero-order valence-electron chi connectivity index (χ0n) is 17.6. The van der Waals surface area contributed by atoms with Crippen LogP contribution in [0.1, 0.15) is 12.0 Å². The van der Waals surface area contributed by atoms with Gasteiger partial charge in [-0.15, -0.1) is 6.42 Å². The molecule has 0 spiro atoms. The number of aromatic nitrogens is 2. The predicted molar refractivity (Wildman–Crippen MR) is 121 cm³/mol. The molecule has 2 heterocycles. The number of nitrogens with one attached hydrogen (secondary N) is 1. The van der Waals surface area contributed by atoms with E-state index in [2.05, 4.69) is 26.1 Å². The molecule has 31 heavy (non-hydrogen) atoms. The van der Waals surface area contributed by atoms with Gasteiger partial charge in [0.15, 0.2) is 11.5 Å². The van der Waals surface area contributed by atoms with Crippen molar-refractivity contribution in [3.8, 4) is 23.8 Å². The molecule has 1 saturated heterocycles. The molecule has 1 aliphatic rings. The quantitative estimate of drug-likeness (QED) is 0.444. The molecule has 0 bridgehead atoms. The fraction of sp³-hybridized carbons (Fsp3) is 0.333. The van der Waals surface area contributed by atoms with Crippen molar-refractivity contribution in [2.24, 2.45) is 0 Å². The van der Waals surface area contributed by atoms with Crippen LogP contribution in [0.3, 0.4) is 0 Å².